The first kappa shape index (κ1) is 16.2. The van der Waals surface area contributed by atoms with E-state index in [1.54, 1.807) is 0 Å². The standard InChI is InChI=1S/C17H27NO3/c1-17(13-19,14-8-4-2-5-9-14)18-12-16(20)21-15-10-6-3-7-11-15/h12-15H,2-11H2,1H3/t17-/m0/s1. The van der Waals surface area contributed by atoms with E-state index in [2.05, 4.69) is 4.99 Å². The minimum absolute atomic E-state index is 0.0369. The number of rotatable bonds is 5. The molecule has 0 bridgehead atoms. The van der Waals surface area contributed by atoms with Crippen LogP contribution in [0, 0.1) is 5.92 Å². The van der Waals surface area contributed by atoms with Gasteiger partial charge in [-0.15, -0.1) is 0 Å². The van der Waals surface area contributed by atoms with Crippen molar-refractivity contribution in [3.05, 3.63) is 0 Å². The molecule has 0 unspecified atom stereocenters. The lowest BCUT2D eigenvalue weighted by Gasteiger charge is -2.32. The van der Waals surface area contributed by atoms with Gasteiger partial charge in [0.2, 0.25) is 0 Å². The van der Waals surface area contributed by atoms with Crippen LogP contribution in [0.4, 0.5) is 0 Å². The molecule has 0 aromatic carbocycles. The molecule has 0 amide bonds. The van der Waals surface area contributed by atoms with E-state index in [4.69, 9.17) is 4.74 Å². The molecule has 4 nitrogen and oxygen atoms in total. The van der Waals surface area contributed by atoms with Gasteiger partial charge in [0.25, 0.3) is 0 Å². The second-order valence-electron chi connectivity index (χ2n) is 6.63. The number of aliphatic imine (C=N–C) groups is 1. The molecular formula is C17H27NO3. The number of ether oxygens (including phenoxy) is 1. The summed E-state index contributed by atoms with van der Waals surface area (Å²) in [5.41, 5.74) is -0.772. The van der Waals surface area contributed by atoms with Gasteiger partial charge in [-0.3, -0.25) is 4.99 Å². The lowest BCUT2D eigenvalue weighted by Crippen LogP contribution is -2.36. The van der Waals surface area contributed by atoms with Gasteiger partial charge in [0.1, 0.15) is 24.1 Å². The molecule has 2 aliphatic carbocycles. The zero-order valence-electron chi connectivity index (χ0n) is 13.1. The highest BCUT2D eigenvalue weighted by molar-refractivity contribution is 6.23. The van der Waals surface area contributed by atoms with Gasteiger partial charge in [0.15, 0.2) is 0 Å². The first-order chi connectivity index (χ1) is 10.1. The molecule has 2 aliphatic rings. The van der Waals surface area contributed by atoms with Crippen molar-refractivity contribution in [1.29, 1.82) is 0 Å². The SMILES string of the molecule is C[C@@](C=O)(N=CC(=O)OC1CCCCC1)C1CCCCC1. The summed E-state index contributed by atoms with van der Waals surface area (Å²) in [5.74, 6) is -0.145. The van der Waals surface area contributed by atoms with Crippen molar-refractivity contribution >= 4 is 18.5 Å². The summed E-state index contributed by atoms with van der Waals surface area (Å²) < 4.78 is 5.41. The Bertz CT molecular complexity index is 381. The number of carbonyl (C=O) groups excluding carboxylic acids is 2. The van der Waals surface area contributed by atoms with Crippen LogP contribution >= 0.6 is 0 Å². The molecule has 0 aliphatic heterocycles. The van der Waals surface area contributed by atoms with Crippen LogP contribution < -0.4 is 0 Å². The van der Waals surface area contributed by atoms with E-state index in [0.29, 0.717) is 0 Å². The molecule has 0 aromatic heterocycles. The second-order valence-corrected chi connectivity index (χ2v) is 6.63. The van der Waals surface area contributed by atoms with Crippen molar-refractivity contribution in [2.75, 3.05) is 0 Å². The number of hydrogen-bond acceptors (Lipinski definition) is 4. The van der Waals surface area contributed by atoms with Gasteiger partial charge in [-0.05, 0) is 51.4 Å². The van der Waals surface area contributed by atoms with Crippen LogP contribution in [-0.4, -0.2) is 30.1 Å². The molecule has 2 saturated carbocycles. The fourth-order valence-electron chi connectivity index (χ4n) is 3.49. The maximum atomic E-state index is 11.9. The predicted molar refractivity (Wildman–Crippen MR) is 82.5 cm³/mol. The molecule has 118 valence electrons. The Kier molecular flexibility index (Phi) is 5.95. The van der Waals surface area contributed by atoms with Crippen molar-refractivity contribution in [1.82, 2.24) is 0 Å². The summed E-state index contributed by atoms with van der Waals surface area (Å²) >= 11 is 0. The van der Waals surface area contributed by atoms with Crippen LogP contribution in [0.5, 0.6) is 0 Å². The molecule has 0 radical (unpaired) electrons. The van der Waals surface area contributed by atoms with Gasteiger partial charge in [-0.1, -0.05) is 25.7 Å². The van der Waals surface area contributed by atoms with E-state index in [1.165, 1.54) is 19.1 Å². The van der Waals surface area contributed by atoms with Crippen molar-refractivity contribution in [3.63, 3.8) is 0 Å². The van der Waals surface area contributed by atoms with E-state index in [0.717, 1.165) is 57.7 Å². The molecule has 4 heteroatoms. The zero-order chi connectivity index (χ0) is 15.1. The van der Waals surface area contributed by atoms with E-state index in [-0.39, 0.29) is 12.0 Å². The van der Waals surface area contributed by atoms with Crippen LogP contribution in [0.2, 0.25) is 0 Å². The van der Waals surface area contributed by atoms with Gasteiger partial charge in [0, 0.05) is 0 Å². The molecule has 0 aromatic rings. The minimum Gasteiger partial charge on any atom is -0.458 e. The van der Waals surface area contributed by atoms with Crippen molar-refractivity contribution in [2.24, 2.45) is 10.9 Å². The van der Waals surface area contributed by atoms with Crippen LogP contribution in [0.15, 0.2) is 4.99 Å². The molecule has 0 heterocycles. The molecule has 1 atom stereocenters. The average molecular weight is 293 g/mol. The summed E-state index contributed by atoms with van der Waals surface area (Å²) in [7, 11) is 0. The quantitative estimate of drug-likeness (QED) is 0.443. The third kappa shape index (κ3) is 4.65. The van der Waals surface area contributed by atoms with E-state index >= 15 is 0 Å². The molecule has 2 rings (SSSR count). The molecule has 2 fully saturated rings. The average Bonchev–Trinajstić information content (AvgIpc) is 2.54. The fourth-order valence-corrected chi connectivity index (χ4v) is 3.49. The molecular weight excluding hydrogens is 266 g/mol. The molecule has 21 heavy (non-hydrogen) atoms. The summed E-state index contributed by atoms with van der Waals surface area (Å²) in [6.07, 6.45) is 13.1. The maximum absolute atomic E-state index is 11.9. The number of nitrogens with zero attached hydrogens (tertiary/aromatic N) is 1. The minimum atomic E-state index is -0.772. The molecule has 0 saturated heterocycles. The molecule has 0 spiro atoms. The van der Waals surface area contributed by atoms with Crippen LogP contribution in [-0.2, 0) is 14.3 Å². The van der Waals surface area contributed by atoms with Crippen LogP contribution in [0.3, 0.4) is 0 Å². The van der Waals surface area contributed by atoms with Gasteiger partial charge in [0.05, 0.1) is 0 Å². The normalized spacial score (nSPS) is 24.6. The monoisotopic (exact) mass is 293 g/mol. The first-order valence-corrected chi connectivity index (χ1v) is 8.36. The largest absolute Gasteiger partial charge is 0.458 e. The Hall–Kier alpha value is -1.19. The summed E-state index contributed by atoms with van der Waals surface area (Å²) in [6.45, 7) is 1.83. The lowest BCUT2D eigenvalue weighted by atomic mass is 9.77. The van der Waals surface area contributed by atoms with Crippen LogP contribution in [0.25, 0.3) is 0 Å². The summed E-state index contributed by atoms with van der Waals surface area (Å²) in [5, 5.41) is 0. The number of esters is 1. The Morgan fingerprint density at radius 3 is 2.19 bits per heavy atom. The number of hydrogen-bond donors (Lipinski definition) is 0. The van der Waals surface area contributed by atoms with Gasteiger partial charge < -0.3 is 9.53 Å². The van der Waals surface area contributed by atoms with E-state index in [1.807, 2.05) is 6.92 Å². The topological polar surface area (TPSA) is 55.7 Å². The highest BCUT2D eigenvalue weighted by Crippen LogP contribution is 2.33. The van der Waals surface area contributed by atoms with E-state index in [9.17, 15) is 9.59 Å². The highest BCUT2D eigenvalue weighted by atomic mass is 16.5. The Morgan fingerprint density at radius 2 is 1.62 bits per heavy atom. The molecule has 0 N–H and O–H groups in total. The predicted octanol–water partition coefficient (Wildman–Crippen LogP) is 3.47. The third-order valence-electron chi connectivity index (χ3n) is 4.95. The number of aldehydes is 1. The maximum Gasteiger partial charge on any atom is 0.349 e. The van der Waals surface area contributed by atoms with Gasteiger partial charge in [-0.2, -0.15) is 0 Å². The van der Waals surface area contributed by atoms with Crippen LogP contribution in [0.1, 0.15) is 71.1 Å². The van der Waals surface area contributed by atoms with Gasteiger partial charge in [-0.25, -0.2) is 4.79 Å². The fraction of sp³-hybridized carbons (Fsp3) is 0.824. The summed E-state index contributed by atoms with van der Waals surface area (Å²) in [6, 6.07) is 0. The lowest BCUT2D eigenvalue weighted by molar-refractivity contribution is -0.141. The smallest absolute Gasteiger partial charge is 0.349 e. The second kappa shape index (κ2) is 7.71. The Morgan fingerprint density at radius 1 is 1.05 bits per heavy atom. The summed E-state index contributed by atoms with van der Waals surface area (Å²) in [4.78, 5) is 27.6. The zero-order valence-corrected chi connectivity index (χ0v) is 13.1. The highest BCUT2D eigenvalue weighted by Gasteiger charge is 2.34. The van der Waals surface area contributed by atoms with Crippen molar-refractivity contribution < 1.29 is 14.3 Å². The Labute approximate surface area is 127 Å². The third-order valence-corrected chi connectivity index (χ3v) is 4.95. The number of carbonyl (C=O) groups is 2. The van der Waals surface area contributed by atoms with Gasteiger partial charge >= 0.3 is 5.97 Å². The van der Waals surface area contributed by atoms with Crippen molar-refractivity contribution in [2.45, 2.75) is 82.8 Å². The van der Waals surface area contributed by atoms with Crippen molar-refractivity contribution in [3.8, 4) is 0 Å². The Balaban J connectivity index is 1.89. The first-order valence-electron chi connectivity index (χ1n) is 8.36. The van der Waals surface area contributed by atoms with E-state index < -0.39 is 11.5 Å².